The summed E-state index contributed by atoms with van der Waals surface area (Å²) in [6.45, 7) is 4.69. The first-order chi connectivity index (χ1) is 11.6. The smallest absolute Gasteiger partial charge is 0.190 e. The largest absolute Gasteiger partial charge is 0.331 e. The predicted molar refractivity (Wildman–Crippen MR) is 90.4 cm³/mol. The summed E-state index contributed by atoms with van der Waals surface area (Å²) >= 11 is 1.53. The van der Waals surface area contributed by atoms with Crippen molar-refractivity contribution in [3.05, 3.63) is 34.0 Å². The van der Waals surface area contributed by atoms with Crippen molar-refractivity contribution in [3.8, 4) is 18.2 Å². The highest BCUT2D eigenvalue weighted by atomic mass is 32.1. The third-order valence-electron chi connectivity index (χ3n) is 5.36. The number of thiophene rings is 1. The molecule has 1 aromatic heterocycles. The Bertz CT molecular complexity index is 788. The fraction of sp³-hybridized carbons (Fsp3) is 0.444. The lowest BCUT2D eigenvalue weighted by Gasteiger charge is -2.46. The molecule has 1 aliphatic heterocycles. The van der Waals surface area contributed by atoms with Gasteiger partial charge in [-0.25, -0.2) is 0 Å². The van der Waals surface area contributed by atoms with Gasteiger partial charge in [0.05, 0.1) is 43.6 Å². The molecule has 2 aliphatic rings. The minimum Gasteiger partial charge on any atom is -0.331 e. The van der Waals surface area contributed by atoms with E-state index in [1.807, 2.05) is 16.8 Å². The lowest BCUT2D eigenvalue weighted by Crippen LogP contribution is -3.13. The van der Waals surface area contributed by atoms with Crippen LogP contribution in [-0.2, 0) is 0 Å². The molecule has 1 fully saturated rings. The predicted octanol–water partition coefficient (Wildman–Crippen LogP) is 1.50. The summed E-state index contributed by atoms with van der Waals surface area (Å²) in [6, 6.07) is 8.35. The van der Waals surface area contributed by atoms with Gasteiger partial charge < -0.3 is 10.3 Å². The molecule has 6 heteroatoms. The van der Waals surface area contributed by atoms with E-state index in [-0.39, 0.29) is 17.5 Å². The third kappa shape index (κ3) is 2.18. The number of nitriles is 3. The van der Waals surface area contributed by atoms with E-state index >= 15 is 0 Å². The Morgan fingerprint density at radius 3 is 2.67 bits per heavy atom. The monoisotopic (exact) mass is 336 g/mol. The molecule has 5 nitrogen and oxygen atoms in total. The van der Waals surface area contributed by atoms with Gasteiger partial charge in [-0.3, -0.25) is 0 Å². The molecule has 0 saturated heterocycles. The maximum absolute atomic E-state index is 9.86. The molecule has 2 unspecified atom stereocenters. The highest BCUT2D eigenvalue weighted by Gasteiger charge is 2.58. The molecule has 1 aliphatic carbocycles. The topological polar surface area (TPSA) is 99.7 Å². The van der Waals surface area contributed by atoms with Crippen LogP contribution in [-0.4, -0.2) is 25.3 Å². The summed E-state index contributed by atoms with van der Waals surface area (Å²) in [5, 5.41) is 41.7. The van der Waals surface area contributed by atoms with E-state index in [4.69, 9.17) is 5.41 Å². The zero-order chi connectivity index (χ0) is 17.3. The molecular formula is C18H18N5S+. The van der Waals surface area contributed by atoms with Crippen LogP contribution in [0, 0.1) is 56.7 Å². The Morgan fingerprint density at radius 1 is 1.38 bits per heavy atom. The molecule has 3 rings (SSSR count). The lowest BCUT2D eigenvalue weighted by atomic mass is 9.54. The van der Waals surface area contributed by atoms with Crippen molar-refractivity contribution in [1.82, 2.24) is 0 Å². The van der Waals surface area contributed by atoms with Crippen molar-refractivity contribution in [2.75, 3.05) is 19.6 Å². The van der Waals surface area contributed by atoms with Crippen molar-refractivity contribution in [2.45, 2.75) is 12.8 Å². The Kier molecular flexibility index (Phi) is 4.24. The third-order valence-corrected chi connectivity index (χ3v) is 6.06. The zero-order valence-corrected chi connectivity index (χ0v) is 14.2. The minimum atomic E-state index is -1.57. The molecule has 1 aromatic rings. The minimum absolute atomic E-state index is 0.0543. The van der Waals surface area contributed by atoms with Crippen molar-refractivity contribution in [1.29, 1.82) is 21.2 Å². The fourth-order valence-corrected chi connectivity index (χ4v) is 4.77. The van der Waals surface area contributed by atoms with Gasteiger partial charge in [-0.2, -0.15) is 27.1 Å². The van der Waals surface area contributed by atoms with Crippen LogP contribution in [0.3, 0.4) is 0 Å². The first kappa shape index (κ1) is 16.4. The molecule has 0 bridgehead atoms. The van der Waals surface area contributed by atoms with Crippen LogP contribution in [0.2, 0.25) is 0 Å². The van der Waals surface area contributed by atoms with Crippen LogP contribution in [0.1, 0.15) is 18.4 Å². The lowest BCUT2D eigenvalue weighted by molar-refractivity contribution is -0.897. The highest BCUT2D eigenvalue weighted by molar-refractivity contribution is 7.08. The fourth-order valence-electron chi connectivity index (χ4n) is 4.08. The average molecular weight is 336 g/mol. The second kappa shape index (κ2) is 6.21. The van der Waals surface area contributed by atoms with E-state index in [0.29, 0.717) is 0 Å². The Morgan fingerprint density at radius 2 is 2.12 bits per heavy atom. The van der Waals surface area contributed by atoms with Gasteiger partial charge in [0.1, 0.15) is 5.92 Å². The Labute approximate surface area is 145 Å². The van der Waals surface area contributed by atoms with Crippen molar-refractivity contribution in [3.63, 3.8) is 0 Å². The van der Waals surface area contributed by atoms with Gasteiger partial charge in [0, 0.05) is 11.8 Å². The SMILES string of the molecule is CC[NH+]1CC=C2C(C#N)C(=N)C(C#N)(C#N)[C@H](c3ccsc3)[C@H]2C1. The number of nitrogens with zero attached hydrogens (tertiary/aromatic N) is 3. The van der Waals surface area contributed by atoms with E-state index in [9.17, 15) is 15.8 Å². The molecule has 0 spiro atoms. The van der Waals surface area contributed by atoms with Gasteiger partial charge >= 0.3 is 0 Å². The number of quaternary nitrogens is 1. The van der Waals surface area contributed by atoms with E-state index in [0.717, 1.165) is 30.8 Å². The molecule has 120 valence electrons. The Hall–Kier alpha value is -2.46. The maximum Gasteiger partial charge on any atom is 0.190 e. The first-order valence-corrected chi connectivity index (χ1v) is 8.93. The molecule has 24 heavy (non-hydrogen) atoms. The molecule has 0 aromatic carbocycles. The number of nitrogens with one attached hydrogen (secondary N) is 2. The second-order valence-electron chi connectivity index (χ2n) is 6.36. The van der Waals surface area contributed by atoms with Gasteiger partial charge in [-0.1, -0.05) is 0 Å². The summed E-state index contributed by atoms with van der Waals surface area (Å²) in [7, 11) is 0. The van der Waals surface area contributed by atoms with Gasteiger partial charge in [0.15, 0.2) is 5.41 Å². The van der Waals surface area contributed by atoms with Gasteiger partial charge in [-0.05, 0) is 41.0 Å². The standard InChI is InChI=1S/C18H17N5S/c1-2-23-5-3-13-14(7-19)17(22)18(10-20,11-21)16(15(13)8-23)12-4-6-24-9-12/h3-4,6,9,14-16,22H,2,5,8H2,1H3/p+1/t14?,15-,16+/m0/s1. The van der Waals surface area contributed by atoms with Crippen molar-refractivity contribution in [2.24, 2.45) is 17.3 Å². The van der Waals surface area contributed by atoms with E-state index in [1.54, 1.807) is 0 Å². The number of hydrogen-bond acceptors (Lipinski definition) is 5. The molecule has 0 radical (unpaired) electrons. The first-order valence-electron chi connectivity index (χ1n) is 7.99. The van der Waals surface area contributed by atoms with E-state index in [1.165, 1.54) is 16.2 Å². The van der Waals surface area contributed by atoms with Gasteiger partial charge in [0.2, 0.25) is 0 Å². The van der Waals surface area contributed by atoms with Crippen LogP contribution < -0.4 is 4.90 Å². The van der Waals surface area contributed by atoms with Crippen LogP contribution in [0.15, 0.2) is 28.5 Å². The van der Waals surface area contributed by atoms with Crippen molar-refractivity contribution >= 4 is 17.0 Å². The number of rotatable bonds is 2. The number of hydrogen-bond donors (Lipinski definition) is 2. The van der Waals surface area contributed by atoms with Crippen molar-refractivity contribution < 1.29 is 4.90 Å². The summed E-state index contributed by atoms with van der Waals surface area (Å²) in [4.78, 5) is 1.37. The summed E-state index contributed by atoms with van der Waals surface area (Å²) < 4.78 is 0. The number of fused-ring (bicyclic) bond motifs is 1. The molecule has 2 N–H and O–H groups in total. The van der Waals surface area contributed by atoms with E-state index in [2.05, 4.69) is 31.2 Å². The quantitative estimate of drug-likeness (QED) is 0.800. The van der Waals surface area contributed by atoms with Crippen LogP contribution in [0.25, 0.3) is 0 Å². The second-order valence-corrected chi connectivity index (χ2v) is 7.14. The summed E-state index contributed by atoms with van der Waals surface area (Å²) in [6.07, 6.45) is 2.06. The molecule has 2 heterocycles. The Balaban J connectivity index is 2.23. The van der Waals surface area contributed by atoms with Crippen LogP contribution in [0.5, 0.6) is 0 Å². The molecule has 1 saturated carbocycles. The van der Waals surface area contributed by atoms with Crippen LogP contribution in [0.4, 0.5) is 0 Å². The average Bonchev–Trinajstić information content (AvgIpc) is 3.14. The highest BCUT2D eigenvalue weighted by Crippen LogP contribution is 2.52. The molecule has 0 amide bonds. The normalized spacial score (nSPS) is 31.1. The zero-order valence-electron chi connectivity index (χ0n) is 13.4. The number of likely N-dealkylation sites (N-methyl/N-ethyl adjacent to an activating group) is 1. The van der Waals surface area contributed by atoms with Crippen LogP contribution >= 0.6 is 11.3 Å². The van der Waals surface area contributed by atoms with Gasteiger partial charge in [0.25, 0.3) is 0 Å². The maximum atomic E-state index is 9.86. The summed E-state index contributed by atoms with van der Waals surface area (Å²) in [5.74, 6) is -1.20. The molecule has 4 atom stereocenters. The molecular weight excluding hydrogens is 318 g/mol. The summed E-state index contributed by atoms with van der Waals surface area (Å²) in [5.41, 5.74) is 0.225. The van der Waals surface area contributed by atoms with Gasteiger partial charge in [-0.15, -0.1) is 0 Å². The van der Waals surface area contributed by atoms with E-state index < -0.39 is 11.3 Å².